The molecule has 0 aromatic heterocycles. The number of carbonyl (C=O) groups is 1. The van der Waals surface area contributed by atoms with Crippen molar-refractivity contribution in [3.05, 3.63) is 0 Å². The Morgan fingerprint density at radius 3 is 2.52 bits per heavy atom. The highest BCUT2D eigenvalue weighted by atomic mass is 16.5. The van der Waals surface area contributed by atoms with E-state index in [2.05, 4.69) is 24.1 Å². The number of ether oxygens (including phenoxy) is 1. The maximum absolute atomic E-state index is 12.6. The van der Waals surface area contributed by atoms with E-state index in [1.807, 2.05) is 0 Å². The van der Waals surface area contributed by atoms with E-state index in [1.54, 1.807) is 0 Å². The molecule has 1 saturated heterocycles. The minimum absolute atomic E-state index is 0.0395. The molecule has 0 amide bonds. The zero-order chi connectivity index (χ0) is 15.0. The summed E-state index contributed by atoms with van der Waals surface area (Å²) >= 11 is 0. The number of hydrogen-bond donors (Lipinski definition) is 1. The largest absolute Gasteiger partial charge is 0.468 e. The number of esters is 1. The van der Waals surface area contributed by atoms with Crippen LogP contribution in [0.3, 0.4) is 0 Å². The van der Waals surface area contributed by atoms with Gasteiger partial charge in [0.2, 0.25) is 0 Å². The lowest BCUT2D eigenvalue weighted by atomic mass is 9.87. The average molecular weight is 294 g/mol. The lowest BCUT2D eigenvalue weighted by Crippen LogP contribution is -2.63. The van der Waals surface area contributed by atoms with Crippen LogP contribution in [0.2, 0.25) is 0 Å². The van der Waals surface area contributed by atoms with Gasteiger partial charge < -0.3 is 4.74 Å². The van der Waals surface area contributed by atoms with Crippen molar-refractivity contribution in [1.82, 2.24) is 10.2 Å². The summed E-state index contributed by atoms with van der Waals surface area (Å²) in [6.45, 7) is 6.59. The number of nitrogens with zero attached hydrogens (tertiary/aromatic N) is 1. The van der Waals surface area contributed by atoms with Crippen molar-refractivity contribution >= 4 is 5.97 Å². The van der Waals surface area contributed by atoms with Crippen LogP contribution in [0.1, 0.15) is 52.4 Å². The second kappa shape index (κ2) is 5.88. The summed E-state index contributed by atoms with van der Waals surface area (Å²) in [6.07, 6.45) is 7.28. The Morgan fingerprint density at radius 1 is 1.24 bits per heavy atom. The summed E-state index contributed by atoms with van der Waals surface area (Å²) in [6, 6.07) is 1.09. The summed E-state index contributed by atoms with van der Waals surface area (Å²) in [7, 11) is 1.54. The summed E-state index contributed by atoms with van der Waals surface area (Å²) in [5.74, 6) is 1.14. The van der Waals surface area contributed by atoms with Gasteiger partial charge in [-0.2, -0.15) is 0 Å². The van der Waals surface area contributed by atoms with Gasteiger partial charge in [0.05, 0.1) is 7.11 Å². The van der Waals surface area contributed by atoms with E-state index in [0.717, 1.165) is 25.9 Å². The van der Waals surface area contributed by atoms with Crippen LogP contribution in [0.4, 0.5) is 0 Å². The molecule has 0 bridgehead atoms. The first kappa shape index (κ1) is 15.3. The normalized spacial score (nSPS) is 33.5. The molecular formula is C17H30N2O2. The molecule has 2 saturated carbocycles. The zero-order valence-corrected chi connectivity index (χ0v) is 13.7. The van der Waals surface area contributed by atoms with Gasteiger partial charge in [0.15, 0.2) is 0 Å². The Bertz CT molecular complexity index is 392. The van der Waals surface area contributed by atoms with Crippen LogP contribution in [0, 0.1) is 11.8 Å². The average Bonchev–Trinajstić information content (AvgIpc) is 3.34. The SMILES string of the molecule is COC(=O)C(CN1CCCC(C)C1C)(NC1CC1)C1CC1. The number of likely N-dealkylation sites (tertiary alicyclic amines) is 1. The molecule has 0 radical (unpaired) electrons. The molecule has 120 valence electrons. The molecule has 0 aromatic carbocycles. The number of carbonyl (C=O) groups excluding carboxylic acids is 1. The Kier molecular flexibility index (Phi) is 4.28. The van der Waals surface area contributed by atoms with Crippen LogP contribution in [-0.4, -0.2) is 48.7 Å². The topological polar surface area (TPSA) is 41.6 Å². The first-order chi connectivity index (χ1) is 10.1. The molecule has 1 N–H and O–H groups in total. The fourth-order valence-electron chi connectivity index (χ4n) is 3.90. The van der Waals surface area contributed by atoms with Crippen molar-refractivity contribution < 1.29 is 9.53 Å². The van der Waals surface area contributed by atoms with E-state index in [9.17, 15) is 4.79 Å². The van der Waals surface area contributed by atoms with Gasteiger partial charge in [-0.1, -0.05) is 6.92 Å². The number of hydrogen-bond acceptors (Lipinski definition) is 4. The van der Waals surface area contributed by atoms with Crippen LogP contribution in [0.25, 0.3) is 0 Å². The van der Waals surface area contributed by atoms with Gasteiger partial charge in [-0.25, -0.2) is 4.79 Å². The number of piperidine rings is 1. The molecule has 2 aliphatic carbocycles. The highest BCUT2D eigenvalue weighted by Gasteiger charge is 2.55. The molecule has 3 unspecified atom stereocenters. The maximum atomic E-state index is 12.6. The van der Waals surface area contributed by atoms with Crippen molar-refractivity contribution in [2.24, 2.45) is 11.8 Å². The zero-order valence-electron chi connectivity index (χ0n) is 13.7. The number of rotatable bonds is 6. The van der Waals surface area contributed by atoms with E-state index in [4.69, 9.17) is 4.74 Å². The first-order valence-electron chi connectivity index (χ1n) is 8.67. The molecule has 3 atom stereocenters. The Hall–Kier alpha value is -0.610. The minimum Gasteiger partial charge on any atom is -0.468 e. The second-order valence-corrected chi connectivity index (χ2v) is 7.49. The Labute approximate surface area is 128 Å². The third-order valence-corrected chi connectivity index (χ3v) is 5.82. The van der Waals surface area contributed by atoms with Crippen LogP contribution < -0.4 is 5.32 Å². The van der Waals surface area contributed by atoms with Crippen LogP contribution in [0.15, 0.2) is 0 Å². The molecule has 3 rings (SSSR count). The third-order valence-electron chi connectivity index (χ3n) is 5.82. The van der Waals surface area contributed by atoms with Gasteiger partial charge in [0.1, 0.15) is 5.54 Å². The predicted octanol–water partition coefficient (Wildman–Crippen LogP) is 2.18. The second-order valence-electron chi connectivity index (χ2n) is 7.49. The monoisotopic (exact) mass is 294 g/mol. The first-order valence-corrected chi connectivity index (χ1v) is 8.67. The highest BCUT2D eigenvalue weighted by molar-refractivity contribution is 5.82. The Balaban J connectivity index is 1.78. The van der Waals surface area contributed by atoms with Gasteiger partial charge >= 0.3 is 5.97 Å². The van der Waals surface area contributed by atoms with Crippen LogP contribution in [-0.2, 0) is 9.53 Å². The smallest absolute Gasteiger partial charge is 0.327 e. The summed E-state index contributed by atoms with van der Waals surface area (Å²) in [5.41, 5.74) is -0.457. The van der Waals surface area contributed by atoms with E-state index in [1.165, 1.54) is 32.8 Å². The number of methoxy groups -OCH3 is 1. The molecule has 0 spiro atoms. The molecule has 21 heavy (non-hydrogen) atoms. The van der Waals surface area contributed by atoms with Crippen molar-refractivity contribution in [1.29, 1.82) is 0 Å². The van der Waals surface area contributed by atoms with E-state index >= 15 is 0 Å². The fraction of sp³-hybridized carbons (Fsp3) is 0.941. The summed E-state index contributed by atoms with van der Waals surface area (Å²) in [5, 5.41) is 3.68. The maximum Gasteiger partial charge on any atom is 0.327 e. The van der Waals surface area contributed by atoms with Crippen molar-refractivity contribution in [2.75, 3.05) is 20.2 Å². The standard InChI is InChI=1S/C17H30N2O2/c1-12-5-4-10-19(13(12)2)11-17(14-6-7-14,16(20)21-3)18-15-8-9-15/h12-15,18H,4-11H2,1-3H3. The van der Waals surface area contributed by atoms with Gasteiger partial charge in [-0.05, 0) is 63.8 Å². The molecule has 3 fully saturated rings. The van der Waals surface area contributed by atoms with Crippen molar-refractivity contribution in [2.45, 2.75) is 70.0 Å². The summed E-state index contributed by atoms with van der Waals surface area (Å²) < 4.78 is 5.22. The lowest BCUT2D eigenvalue weighted by molar-refractivity contribution is -0.151. The molecule has 3 aliphatic rings. The highest BCUT2D eigenvalue weighted by Crippen LogP contribution is 2.43. The molecule has 1 heterocycles. The van der Waals surface area contributed by atoms with E-state index in [-0.39, 0.29) is 5.97 Å². The predicted molar refractivity (Wildman–Crippen MR) is 83.1 cm³/mol. The molecule has 4 heteroatoms. The lowest BCUT2D eigenvalue weighted by Gasteiger charge is -2.44. The fourth-order valence-corrected chi connectivity index (χ4v) is 3.90. The van der Waals surface area contributed by atoms with Crippen LogP contribution in [0.5, 0.6) is 0 Å². The van der Waals surface area contributed by atoms with E-state index in [0.29, 0.717) is 23.9 Å². The third kappa shape index (κ3) is 3.11. The van der Waals surface area contributed by atoms with E-state index < -0.39 is 5.54 Å². The van der Waals surface area contributed by atoms with Gasteiger partial charge in [-0.15, -0.1) is 0 Å². The van der Waals surface area contributed by atoms with Crippen molar-refractivity contribution in [3.63, 3.8) is 0 Å². The van der Waals surface area contributed by atoms with Gasteiger partial charge in [0.25, 0.3) is 0 Å². The van der Waals surface area contributed by atoms with Gasteiger partial charge in [0, 0.05) is 18.6 Å². The van der Waals surface area contributed by atoms with Gasteiger partial charge in [-0.3, -0.25) is 10.2 Å². The minimum atomic E-state index is -0.457. The molecule has 0 aromatic rings. The quantitative estimate of drug-likeness (QED) is 0.763. The van der Waals surface area contributed by atoms with Crippen molar-refractivity contribution in [3.8, 4) is 0 Å². The van der Waals surface area contributed by atoms with Crippen LogP contribution >= 0.6 is 0 Å². The Morgan fingerprint density at radius 2 is 1.95 bits per heavy atom. The number of nitrogens with one attached hydrogen (secondary N) is 1. The molecular weight excluding hydrogens is 264 g/mol. The summed E-state index contributed by atoms with van der Waals surface area (Å²) in [4.78, 5) is 15.2. The molecule has 4 nitrogen and oxygen atoms in total. The molecule has 1 aliphatic heterocycles.